The molecule has 0 amide bonds. The average Bonchev–Trinajstić information content (AvgIpc) is 2.87. The predicted molar refractivity (Wildman–Crippen MR) is 49.1 cm³/mol. The standard InChI is InChI=1S/C11H14O/c1-8(12)10-3-2-4-11(7-10)9-5-6-9/h2-4,7-9,12H,5-6H2,1H3. The summed E-state index contributed by atoms with van der Waals surface area (Å²) in [5.41, 5.74) is 2.44. The third kappa shape index (κ3) is 1.51. The zero-order valence-electron chi connectivity index (χ0n) is 7.33. The minimum atomic E-state index is -0.330. The molecule has 0 spiro atoms. The van der Waals surface area contributed by atoms with Crippen LogP contribution in [0.3, 0.4) is 0 Å². The van der Waals surface area contributed by atoms with E-state index < -0.39 is 0 Å². The molecule has 1 aliphatic rings. The highest BCUT2D eigenvalue weighted by Crippen LogP contribution is 2.40. The van der Waals surface area contributed by atoms with Crippen LogP contribution in [0.5, 0.6) is 0 Å². The predicted octanol–water partition coefficient (Wildman–Crippen LogP) is 2.62. The molecule has 1 aromatic rings. The van der Waals surface area contributed by atoms with Crippen LogP contribution in [0.4, 0.5) is 0 Å². The van der Waals surface area contributed by atoms with Crippen molar-refractivity contribution in [3.05, 3.63) is 35.4 Å². The Bertz CT molecular complexity index is 257. The van der Waals surface area contributed by atoms with Crippen LogP contribution in [0, 0.1) is 0 Å². The third-order valence-corrected chi connectivity index (χ3v) is 2.44. The van der Waals surface area contributed by atoms with Gasteiger partial charge in [0, 0.05) is 0 Å². The fourth-order valence-corrected chi connectivity index (χ4v) is 1.49. The summed E-state index contributed by atoms with van der Waals surface area (Å²) in [5, 5.41) is 9.35. The van der Waals surface area contributed by atoms with Gasteiger partial charge in [0.25, 0.3) is 0 Å². The van der Waals surface area contributed by atoms with Gasteiger partial charge in [0.05, 0.1) is 6.10 Å². The van der Waals surface area contributed by atoms with E-state index in [1.165, 1.54) is 18.4 Å². The lowest BCUT2D eigenvalue weighted by Crippen LogP contribution is -1.91. The van der Waals surface area contributed by atoms with Crippen molar-refractivity contribution in [3.8, 4) is 0 Å². The Morgan fingerprint density at radius 1 is 1.42 bits per heavy atom. The van der Waals surface area contributed by atoms with Gasteiger partial charge in [-0.3, -0.25) is 0 Å². The van der Waals surface area contributed by atoms with Crippen molar-refractivity contribution in [2.45, 2.75) is 31.8 Å². The van der Waals surface area contributed by atoms with E-state index >= 15 is 0 Å². The molecule has 1 unspecified atom stereocenters. The van der Waals surface area contributed by atoms with Crippen molar-refractivity contribution in [1.29, 1.82) is 0 Å². The Hall–Kier alpha value is -0.820. The Balaban J connectivity index is 2.26. The first-order valence-electron chi connectivity index (χ1n) is 4.55. The SMILES string of the molecule is CC(O)c1cccc(C2CC2)c1. The number of aliphatic hydroxyl groups is 1. The minimum absolute atomic E-state index is 0.330. The number of hydrogen-bond donors (Lipinski definition) is 1. The molecule has 0 heterocycles. The molecule has 1 N–H and O–H groups in total. The second-order valence-electron chi connectivity index (χ2n) is 3.62. The van der Waals surface area contributed by atoms with Gasteiger partial charge in [0.2, 0.25) is 0 Å². The number of benzene rings is 1. The van der Waals surface area contributed by atoms with E-state index in [4.69, 9.17) is 0 Å². The van der Waals surface area contributed by atoms with Crippen molar-refractivity contribution >= 4 is 0 Å². The first-order valence-corrected chi connectivity index (χ1v) is 4.55. The summed E-state index contributed by atoms with van der Waals surface area (Å²) in [7, 11) is 0. The van der Waals surface area contributed by atoms with Crippen LogP contribution in [0.15, 0.2) is 24.3 Å². The highest BCUT2D eigenvalue weighted by Gasteiger charge is 2.23. The molecule has 0 aliphatic heterocycles. The molecule has 1 saturated carbocycles. The molecule has 0 saturated heterocycles. The van der Waals surface area contributed by atoms with E-state index in [0.717, 1.165) is 11.5 Å². The summed E-state index contributed by atoms with van der Waals surface area (Å²) < 4.78 is 0. The monoisotopic (exact) mass is 162 g/mol. The van der Waals surface area contributed by atoms with Gasteiger partial charge in [-0.2, -0.15) is 0 Å². The summed E-state index contributed by atoms with van der Waals surface area (Å²) in [6.45, 7) is 1.81. The summed E-state index contributed by atoms with van der Waals surface area (Å²) in [4.78, 5) is 0. The van der Waals surface area contributed by atoms with Crippen LogP contribution in [0.1, 0.15) is 42.9 Å². The van der Waals surface area contributed by atoms with Crippen LogP contribution < -0.4 is 0 Å². The lowest BCUT2D eigenvalue weighted by molar-refractivity contribution is 0.199. The number of hydrogen-bond acceptors (Lipinski definition) is 1. The van der Waals surface area contributed by atoms with Gasteiger partial charge >= 0.3 is 0 Å². The molecular formula is C11H14O. The van der Waals surface area contributed by atoms with E-state index in [0.29, 0.717) is 0 Å². The molecular weight excluding hydrogens is 148 g/mol. The van der Waals surface area contributed by atoms with E-state index in [9.17, 15) is 5.11 Å². The molecule has 64 valence electrons. The maximum atomic E-state index is 9.35. The maximum absolute atomic E-state index is 9.35. The fraction of sp³-hybridized carbons (Fsp3) is 0.455. The highest BCUT2D eigenvalue weighted by atomic mass is 16.3. The van der Waals surface area contributed by atoms with Crippen LogP contribution in [-0.2, 0) is 0 Å². The Morgan fingerprint density at radius 3 is 2.75 bits per heavy atom. The topological polar surface area (TPSA) is 20.2 Å². The molecule has 1 nitrogen and oxygen atoms in total. The molecule has 1 heteroatoms. The van der Waals surface area contributed by atoms with Crippen molar-refractivity contribution in [1.82, 2.24) is 0 Å². The number of rotatable bonds is 2. The first-order chi connectivity index (χ1) is 5.77. The van der Waals surface area contributed by atoms with Crippen LogP contribution >= 0.6 is 0 Å². The maximum Gasteiger partial charge on any atom is 0.0762 e. The summed E-state index contributed by atoms with van der Waals surface area (Å²) >= 11 is 0. The van der Waals surface area contributed by atoms with E-state index in [1.807, 2.05) is 19.1 Å². The molecule has 12 heavy (non-hydrogen) atoms. The van der Waals surface area contributed by atoms with Gasteiger partial charge in [-0.05, 0) is 36.8 Å². The van der Waals surface area contributed by atoms with Gasteiger partial charge in [-0.15, -0.1) is 0 Å². The second kappa shape index (κ2) is 2.91. The van der Waals surface area contributed by atoms with Gasteiger partial charge in [-0.25, -0.2) is 0 Å². The smallest absolute Gasteiger partial charge is 0.0762 e. The van der Waals surface area contributed by atoms with Crippen LogP contribution in [-0.4, -0.2) is 5.11 Å². The van der Waals surface area contributed by atoms with Crippen molar-refractivity contribution in [2.24, 2.45) is 0 Å². The van der Waals surface area contributed by atoms with Gasteiger partial charge in [0.1, 0.15) is 0 Å². The quantitative estimate of drug-likeness (QED) is 0.708. The second-order valence-corrected chi connectivity index (χ2v) is 3.62. The lowest BCUT2D eigenvalue weighted by atomic mass is 10.0. The summed E-state index contributed by atoms with van der Waals surface area (Å²) in [5.74, 6) is 0.781. The van der Waals surface area contributed by atoms with Gasteiger partial charge in [-0.1, -0.05) is 24.3 Å². The molecule has 1 aliphatic carbocycles. The van der Waals surface area contributed by atoms with Crippen LogP contribution in [0.25, 0.3) is 0 Å². The highest BCUT2D eigenvalue weighted by molar-refractivity contribution is 5.29. The van der Waals surface area contributed by atoms with E-state index in [2.05, 4.69) is 12.1 Å². The van der Waals surface area contributed by atoms with E-state index in [-0.39, 0.29) is 6.10 Å². The Kier molecular flexibility index (Phi) is 1.89. The van der Waals surface area contributed by atoms with E-state index in [1.54, 1.807) is 0 Å². The molecule has 1 aromatic carbocycles. The molecule has 2 rings (SSSR count). The van der Waals surface area contributed by atoms with Gasteiger partial charge in [0.15, 0.2) is 0 Å². The summed E-state index contributed by atoms with van der Waals surface area (Å²) in [6, 6.07) is 8.30. The lowest BCUT2D eigenvalue weighted by Gasteiger charge is -2.06. The Morgan fingerprint density at radius 2 is 2.17 bits per heavy atom. The zero-order chi connectivity index (χ0) is 8.55. The largest absolute Gasteiger partial charge is 0.389 e. The van der Waals surface area contributed by atoms with Crippen molar-refractivity contribution in [2.75, 3.05) is 0 Å². The molecule has 0 aromatic heterocycles. The average molecular weight is 162 g/mol. The third-order valence-electron chi connectivity index (χ3n) is 2.44. The first kappa shape index (κ1) is 7.81. The van der Waals surface area contributed by atoms with Crippen LogP contribution in [0.2, 0.25) is 0 Å². The van der Waals surface area contributed by atoms with Gasteiger partial charge < -0.3 is 5.11 Å². The summed E-state index contributed by atoms with van der Waals surface area (Å²) in [6.07, 6.45) is 2.32. The zero-order valence-corrected chi connectivity index (χ0v) is 7.33. The Labute approximate surface area is 73.0 Å². The minimum Gasteiger partial charge on any atom is -0.389 e. The fourth-order valence-electron chi connectivity index (χ4n) is 1.49. The van der Waals surface area contributed by atoms with Crippen molar-refractivity contribution in [3.63, 3.8) is 0 Å². The molecule has 0 radical (unpaired) electrons. The molecule has 0 bridgehead atoms. The molecule has 1 fully saturated rings. The molecule has 1 atom stereocenters. The van der Waals surface area contributed by atoms with Crippen molar-refractivity contribution < 1.29 is 5.11 Å². The number of aliphatic hydroxyl groups excluding tert-OH is 1. The normalized spacial score (nSPS) is 19.2.